The second-order valence-electron chi connectivity index (χ2n) is 10.5. The highest BCUT2D eigenvalue weighted by molar-refractivity contribution is 7.98. The van der Waals surface area contributed by atoms with Crippen LogP contribution < -0.4 is 9.47 Å². The molecule has 212 valence electrons. The summed E-state index contributed by atoms with van der Waals surface area (Å²) in [6.45, 7) is 2.14. The highest BCUT2D eigenvalue weighted by atomic mass is 32.2. The predicted molar refractivity (Wildman–Crippen MR) is 158 cm³/mol. The summed E-state index contributed by atoms with van der Waals surface area (Å²) in [5.74, 6) is 2.05. The van der Waals surface area contributed by atoms with E-state index in [1.54, 1.807) is 37.9 Å². The number of nitrogens with zero attached hydrogens (tertiary/aromatic N) is 2. The minimum atomic E-state index is -0.330. The van der Waals surface area contributed by atoms with Crippen molar-refractivity contribution in [3.63, 3.8) is 0 Å². The number of piperidine rings is 1. The monoisotopic (exact) mass is 571 g/mol. The molecule has 6 rings (SSSR count). The van der Waals surface area contributed by atoms with Crippen molar-refractivity contribution in [3.05, 3.63) is 83.4 Å². The van der Waals surface area contributed by atoms with Gasteiger partial charge in [0.1, 0.15) is 17.6 Å². The van der Waals surface area contributed by atoms with Crippen LogP contribution in [0.1, 0.15) is 58.9 Å². The fraction of sp³-hybridized carbons (Fsp3) is 0.344. The largest absolute Gasteiger partial charge is 0.497 e. The first-order valence-corrected chi connectivity index (χ1v) is 15.0. The van der Waals surface area contributed by atoms with Gasteiger partial charge in [0.2, 0.25) is 0 Å². The number of benzene rings is 3. The maximum atomic E-state index is 13.5. The number of imidazole rings is 1. The first kappa shape index (κ1) is 27.2. The third-order valence-corrected chi connectivity index (χ3v) is 8.78. The van der Waals surface area contributed by atoms with Crippen LogP contribution in [0.15, 0.2) is 71.9 Å². The number of carbonyl (C=O) groups is 2. The predicted octanol–water partition coefficient (Wildman–Crippen LogP) is 6.26. The number of carbonyl (C=O) groups excluding carboxylic acids is 2. The van der Waals surface area contributed by atoms with Crippen LogP contribution in [-0.2, 0) is 10.5 Å². The summed E-state index contributed by atoms with van der Waals surface area (Å²) in [6, 6.07) is 21.2. The lowest BCUT2D eigenvalue weighted by Gasteiger charge is -2.39. The molecular formula is C32H33N3O5S. The summed E-state index contributed by atoms with van der Waals surface area (Å²) in [6.07, 6.45) is 3.65. The lowest BCUT2D eigenvalue weighted by Crippen LogP contribution is -2.49. The summed E-state index contributed by atoms with van der Waals surface area (Å²) in [4.78, 5) is 35.5. The number of hydrogen-bond acceptors (Lipinski definition) is 7. The molecule has 2 aliphatic rings. The number of amides is 1. The number of ether oxygens (including phenoxy) is 3. The number of methoxy groups -OCH3 is 1. The van der Waals surface area contributed by atoms with Gasteiger partial charge in [-0.15, -0.1) is 0 Å². The fourth-order valence-electron chi connectivity index (χ4n) is 5.84. The number of aromatic amines is 1. The van der Waals surface area contributed by atoms with E-state index in [1.807, 2.05) is 54.6 Å². The average molecular weight is 572 g/mol. The number of rotatable bonds is 9. The van der Waals surface area contributed by atoms with E-state index in [9.17, 15) is 9.59 Å². The quantitative estimate of drug-likeness (QED) is 0.187. The summed E-state index contributed by atoms with van der Waals surface area (Å²) in [5, 5.41) is 0.852. The van der Waals surface area contributed by atoms with E-state index >= 15 is 0 Å². The summed E-state index contributed by atoms with van der Waals surface area (Å²) in [7, 11) is 1.65. The molecule has 2 aliphatic heterocycles. The zero-order chi connectivity index (χ0) is 28.3. The van der Waals surface area contributed by atoms with E-state index in [0.29, 0.717) is 12.2 Å². The molecule has 1 aromatic heterocycles. The molecule has 2 unspecified atom stereocenters. The number of nitrogens with one attached hydrogen (secondary N) is 1. The lowest BCUT2D eigenvalue weighted by molar-refractivity contribution is 0.0359. The van der Waals surface area contributed by atoms with Gasteiger partial charge in [-0.3, -0.25) is 4.79 Å². The molecule has 9 heteroatoms. The van der Waals surface area contributed by atoms with Gasteiger partial charge >= 0.3 is 5.97 Å². The second-order valence-corrected chi connectivity index (χ2v) is 11.4. The maximum absolute atomic E-state index is 13.5. The summed E-state index contributed by atoms with van der Waals surface area (Å²) < 4.78 is 16.6. The van der Waals surface area contributed by atoms with Gasteiger partial charge in [0.25, 0.3) is 5.91 Å². The van der Waals surface area contributed by atoms with Gasteiger partial charge in [-0.05, 0) is 73.9 Å². The highest BCUT2D eigenvalue weighted by Gasteiger charge is 2.44. The van der Waals surface area contributed by atoms with Crippen LogP contribution in [0.2, 0.25) is 0 Å². The first-order valence-electron chi connectivity index (χ1n) is 14.0. The molecule has 0 aliphatic carbocycles. The Labute approximate surface area is 243 Å². The van der Waals surface area contributed by atoms with Crippen molar-refractivity contribution in [2.45, 2.75) is 61.7 Å². The Hall–Kier alpha value is -3.98. The van der Waals surface area contributed by atoms with E-state index in [2.05, 4.69) is 14.9 Å². The van der Waals surface area contributed by atoms with E-state index in [0.717, 1.165) is 70.3 Å². The molecule has 3 heterocycles. The van der Waals surface area contributed by atoms with Gasteiger partial charge < -0.3 is 24.1 Å². The molecule has 4 aromatic rings. The minimum Gasteiger partial charge on any atom is -0.497 e. The normalized spacial score (nSPS) is 19.8. The van der Waals surface area contributed by atoms with Crippen LogP contribution in [0.25, 0.3) is 11.0 Å². The topological polar surface area (TPSA) is 93.8 Å². The van der Waals surface area contributed by atoms with Crippen molar-refractivity contribution < 1.29 is 23.8 Å². The second kappa shape index (κ2) is 11.9. The van der Waals surface area contributed by atoms with Crippen LogP contribution in [0.5, 0.6) is 11.5 Å². The number of H-pyrrole nitrogens is 1. The molecule has 2 fully saturated rings. The van der Waals surface area contributed by atoms with Crippen molar-refractivity contribution >= 4 is 34.7 Å². The minimum absolute atomic E-state index is 0.0451. The Morgan fingerprint density at radius 3 is 2.32 bits per heavy atom. The molecule has 0 spiro atoms. The Morgan fingerprint density at radius 1 is 0.951 bits per heavy atom. The van der Waals surface area contributed by atoms with Crippen molar-refractivity contribution in [1.29, 1.82) is 0 Å². The van der Waals surface area contributed by atoms with Crippen LogP contribution in [0.4, 0.5) is 0 Å². The zero-order valence-electron chi connectivity index (χ0n) is 23.2. The SMILES string of the molecule is CCOC(=O)c1ccc(OC2CC3CCC(C2)N3C(=O)c2ccc(CSc3nc4ccc(OC)cc4[nH]3)cc2)cc1. The standard InChI is InChI=1S/C32H33N3O5S/c1-3-39-31(37)22-8-12-25(13-9-22)40-27-16-23-10-11-24(17-27)35(23)30(36)21-6-4-20(5-7-21)19-41-32-33-28-15-14-26(38-2)18-29(28)34-32/h4-9,12-15,18,23-24,27H,3,10-11,16-17,19H2,1-2H3,(H,33,34). The third-order valence-electron chi connectivity index (χ3n) is 7.84. The van der Waals surface area contributed by atoms with Crippen LogP contribution in [0, 0.1) is 0 Å². The Morgan fingerprint density at radius 2 is 1.63 bits per heavy atom. The smallest absolute Gasteiger partial charge is 0.338 e. The number of hydrogen-bond donors (Lipinski definition) is 1. The first-order chi connectivity index (χ1) is 20.0. The molecule has 1 amide bonds. The Kier molecular flexibility index (Phi) is 7.87. The van der Waals surface area contributed by atoms with E-state index in [1.165, 1.54) is 0 Å². The van der Waals surface area contributed by atoms with Crippen LogP contribution >= 0.6 is 11.8 Å². The molecule has 8 nitrogen and oxygen atoms in total. The number of esters is 1. The molecule has 2 bridgehead atoms. The highest BCUT2D eigenvalue weighted by Crippen LogP contribution is 2.38. The molecule has 0 radical (unpaired) electrons. The molecule has 0 saturated carbocycles. The number of aromatic nitrogens is 2. The summed E-state index contributed by atoms with van der Waals surface area (Å²) >= 11 is 1.63. The molecule has 2 atom stereocenters. The van der Waals surface area contributed by atoms with Crippen molar-refractivity contribution in [2.75, 3.05) is 13.7 Å². The average Bonchev–Trinajstić information content (AvgIpc) is 3.53. The Balaban J connectivity index is 1.04. The van der Waals surface area contributed by atoms with Gasteiger partial charge in [-0.2, -0.15) is 0 Å². The van der Waals surface area contributed by atoms with Crippen molar-refractivity contribution in [3.8, 4) is 11.5 Å². The van der Waals surface area contributed by atoms with Gasteiger partial charge in [0.05, 0.1) is 30.3 Å². The number of thioether (sulfide) groups is 1. The fourth-order valence-corrected chi connectivity index (χ4v) is 6.68. The molecule has 1 N–H and O–H groups in total. The maximum Gasteiger partial charge on any atom is 0.338 e. The molecular weight excluding hydrogens is 538 g/mol. The zero-order valence-corrected chi connectivity index (χ0v) is 24.0. The van der Waals surface area contributed by atoms with Crippen molar-refractivity contribution in [2.24, 2.45) is 0 Å². The van der Waals surface area contributed by atoms with Gasteiger partial charge in [-0.1, -0.05) is 23.9 Å². The van der Waals surface area contributed by atoms with E-state index in [4.69, 9.17) is 14.2 Å². The summed E-state index contributed by atoms with van der Waals surface area (Å²) in [5.41, 5.74) is 4.22. The number of fused-ring (bicyclic) bond motifs is 3. The van der Waals surface area contributed by atoms with Crippen LogP contribution in [-0.4, -0.2) is 58.6 Å². The molecule has 2 saturated heterocycles. The van der Waals surface area contributed by atoms with Crippen molar-refractivity contribution in [1.82, 2.24) is 14.9 Å². The molecule has 3 aromatic carbocycles. The van der Waals surface area contributed by atoms with E-state index in [-0.39, 0.29) is 30.1 Å². The third kappa shape index (κ3) is 5.91. The molecule has 41 heavy (non-hydrogen) atoms. The van der Waals surface area contributed by atoms with Gasteiger partial charge in [-0.25, -0.2) is 9.78 Å². The Bertz CT molecular complexity index is 1520. The van der Waals surface area contributed by atoms with E-state index < -0.39 is 0 Å². The van der Waals surface area contributed by atoms with Gasteiger partial charge in [0, 0.05) is 42.3 Å². The lowest BCUT2D eigenvalue weighted by atomic mass is 9.98. The van der Waals surface area contributed by atoms with Gasteiger partial charge in [0.15, 0.2) is 5.16 Å². The van der Waals surface area contributed by atoms with Crippen LogP contribution in [0.3, 0.4) is 0 Å².